The van der Waals surface area contributed by atoms with Gasteiger partial charge in [0.15, 0.2) is 5.96 Å². The average molecular weight is 324 g/mol. The van der Waals surface area contributed by atoms with Gasteiger partial charge in [-0.15, -0.1) is 3.89 Å². The lowest BCUT2D eigenvalue weighted by Gasteiger charge is -2.24. The summed E-state index contributed by atoms with van der Waals surface area (Å²) >= 11 is 0. The Bertz CT molecular complexity index is 546. The number of likely N-dealkylation sites (tertiary alicyclic amines) is 1. The number of aliphatic carboxylic acids is 1. The van der Waals surface area contributed by atoms with Crippen LogP contribution in [-0.2, 0) is 19.8 Å². The zero-order chi connectivity index (χ0) is 16.2. The van der Waals surface area contributed by atoms with Gasteiger partial charge >= 0.3 is 16.2 Å². The van der Waals surface area contributed by atoms with Crippen LogP contribution in [-0.4, -0.2) is 60.6 Å². The number of rotatable bonds is 7. The Morgan fingerprint density at radius 3 is 2.57 bits per heavy atom. The van der Waals surface area contributed by atoms with Gasteiger partial charge in [0.1, 0.15) is 11.3 Å². The lowest BCUT2D eigenvalue weighted by atomic mass is 10.1. The first kappa shape index (κ1) is 17.1. The smallest absolute Gasteiger partial charge is 0.326 e. The summed E-state index contributed by atoms with van der Waals surface area (Å²) in [5.41, 5.74) is 10.2. The molecule has 0 spiro atoms. The highest BCUT2D eigenvalue weighted by Crippen LogP contribution is 2.23. The molecule has 1 unspecified atom stereocenters. The van der Waals surface area contributed by atoms with Crippen molar-refractivity contribution >= 4 is 28.1 Å². The first-order chi connectivity index (χ1) is 9.62. The zero-order valence-corrected chi connectivity index (χ0v) is 11.9. The fourth-order valence-electron chi connectivity index (χ4n) is 2.09. The van der Waals surface area contributed by atoms with E-state index in [0.29, 0.717) is 0 Å². The molecule has 21 heavy (non-hydrogen) atoms. The molecule has 1 saturated heterocycles. The summed E-state index contributed by atoms with van der Waals surface area (Å²) in [5, 5.41) is 7.62. The van der Waals surface area contributed by atoms with Gasteiger partial charge in [-0.3, -0.25) is 9.79 Å². The van der Waals surface area contributed by atoms with Crippen LogP contribution in [0.15, 0.2) is 4.99 Å². The number of carbonyl (C=O) groups excluding carboxylic acids is 1. The van der Waals surface area contributed by atoms with E-state index in [-0.39, 0.29) is 25.3 Å². The number of hydrogen-bond acceptors (Lipinski definition) is 5. The van der Waals surface area contributed by atoms with Crippen molar-refractivity contribution in [2.45, 2.75) is 30.6 Å². The number of carboxylic acid groups (broad SMARTS) is 1. The second kappa shape index (κ2) is 6.70. The van der Waals surface area contributed by atoms with Crippen LogP contribution < -0.4 is 11.5 Å². The molecular weight excluding hydrogens is 307 g/mol. The number of nitrogens with two attached hydrogens (primary N) is 2. The predicted molar refractivity (Wildman–Crippen MR) is 71.5 cm³/mol. The number of nitrogens with zero attached hydrogens (tertiary/aromatic N) is 2. The van der Waals surface area contributed by atoms with E-state index in [1.54, 1.807) is 0 Å². The third-order valence-corrected chi connectivity index (χ3v) is 4.22. The Labute approximate surface area is 121 Å². The van der Waals surface area contributed by atoms with Crippen molar-refractivity contribution in [2.24, 2.45) is 16.5 Å². The molecule has 0 aliphatic carbocycles. The van der Waals surface area contributed by atoms with Gasteiger partial charge < -0.3 is 21.5 Å². The van der Waals surface area contributed by atoms with Gasteiger partial charge in [-0.1, -0.05) is 0 Å². The number of aliphatic imine (C=N–C) groups is 1. The van der Waals surface area contributed by atoms with Gasteiger partial charge in [-0.05, 0) is 12.8 Å². The second-order valence-electron chi connectivity index (χ2n) is 4.65. The molecule has 1 heterocycles. The molecule has 11 heteroatoms. The highest BCUT2D eigenvalue weighted by Gasteiger charge is 2.43. The topological polar surface area (TPSA) is 156 Å². The Hall–Kier alpha value is -1.91. The molecule has 9 nitrogen and oxygen atoms in total. The lowest BCUT2D eigenvalue weighted by molar-refractivity contribution is -0.148. The van der Waals surface area contributed by atoms with Crippen molar-refractivity contribution in [3.05, 3.63) is 0 Å². The lowest BCUT2D eigenvalue weighted by Crippen LogP contribution is -2.43. The highest BCUT2D eigenvalue weighted by atomic mass is 32.3. The SMILES string of the molecule is NC(N)=NCCC[C@@H](C(=O)O)N1CC(S(=O)(=O)F)CC1=O. The van der Waals surface area contributed by atoms with Crippen LogP contribution in [0.5, 0.6) is 0 Å². The maximum Gasteiger partial charge on any atom is 0.326 e. The molecule has 1 aliphatic heterocycles. The Morgan fingerprint density at radius 1 is 1.52 bits per heavy atom. The Kier molecular flexibility index (Phi) is 5.47. The van der Waals surface area contributed by atoms with Crippen LogP contribution >= 0.6 is 0 Å². The molecule has 0 aromatic heterocycles. The number of amides is 1. The fourth-order valence-corrected chi connectivity index (χ4v) is 2.77. The van der Waals surface area contributed by atoms with Crippen molar-refractivity contribution in [3.63, 3.8) is 0 Å². The third-order valence-electron chi connectivity index (χ3n) is 3.11. The second-order valence-corrected chi connectivity index (χ2v) is 6.27. The third kappa shape index (κ3) is 4.85. The summed E-state index contributed by atoms with van der Waals surface area (Å²) in [6.45, 7) is -0.282. The van der Waals surface area contributed by atoms with Gasteiger partial charge in [0, 0.05) is 19.5 Å². The van der Waals surface area contributed by atoms with E-state index in [1.165, 1.54) is 0 Å². The maximum absolute atomic E-state index is 12.9. The van der Waals surface area contributed by atoms with Crippen molar-refractivity contribution in [2.75, 3.05) is 13.1 Å². The van der Waals surface area contributed by atoms with Crippen LogP contribution in [0, 0.1) is 0 Å². The minimum absolute atomic E-state index is 0.0386. The molecular formula is C10H17FN4O5S. The quantitative estimate of drug-likeness (QED) is 0.220. The van der Waals surface area contributed by atoms with E-state index in [4.69, 9.17) is 16.6 Å². The van der Waals surface area contributed by atoms with E-state index >= 15 is 0 Å². The molecule has 0 aromatic carbocycles. The summed E-state index contributed by atoms with van der Waals surface area (Å²) in [4.78, 5) is 27.4. The van der Waals surface area contributed by atoms with Crippen LogP contribution in [0.4, 0.5) is 3.89 Å². The predicted octanol–water partition coefficient (Wildman–Crippen LogP) is -1.61. The molecule has 0 aromatic rings. The fraction of sp³-hybridized carbons (Fsp3) is 0.700. The molecule has 2 atom stereocenters. The normalized spacial score (nSPS) is 20.3. The molecule has 1 rings (SSSR count). The van der Waals surface area contributed by atoms with Gasteiger partial charge in [0.05, 0.1) is 0 Å². The van der Waals surface area contributed by atoms with E-state index < -0.39 is 46.4 Å². The first-order valence-electron chi connectivity index (χ1n) is 6.14. The highest BCUT2D eigenvalue weighted by molar-refractivity contribution is 7.87. The first-order valence-corrected chi connectivity index (χ1v) is 7.58. The molecule has 120 valence electrons. The minimum Gasteiger partial charge on any atom is -0.480 e. The van der Waals surface area contributed by atoms with E-state index in [1.807, 2.05) is 0 Å². The van der Waals surface area contributed by atoms with Crippen molar-refractivity contribution in [1.29, 1.82) is 0 Å². The van der Waals surface area contributed by atoms with Gasteiger partial charge in [-0.2, -0.15) is 8.42 Å². The summed E-state index contributed by atoms with van der Waals surface area (Å²) < 4.78 is 34.5. The van der Waals surface area contributed by atoms with Gasteiger partial charge in [-0.25, -0.2) is 4.79 Å². The zero-order valence-electron chi connectivity index (χ0n) is 11.1. The van der Waals surface area contributed by atoms with E-state index in [0.717, 1.165) is 4.90 Å². The maximum atomic E-state index is 12.9. The summed E-state index contributed by atoms with van der Waals surface area (Å²) in [6.07, 6.45) is -0.223. The van der Waals surface area contributed by atoms with Crippen LogP contribution in [0.25, 0.3) is 0 Å². The van der Waals surface area contributed by atoms with Gasteiger partial charge in [0.2, 0.25) is 5.91 Å². The van der Waals surface area contributed by atoms with Gasteiger partial charge in [0.25, 0.3) is 0 Å². The van der Waals surface area contributed by atoms with Crippen LogP contribution in [0.1, 0.15) is 19.3 Å². The molecule has 1 amide bonds. The van der Waals surface area contributed by atoms with Crippen LogP contribution in [0.3, 0.4) is 0 Å². The number of guanidine groups is 1. The molecule has 1 fully saturated rings. The van der Waals surface area contributed by atoms with E-state index in [2.05, 4.69) is 4.99 Å². The van der Waals surface area contributed by atoms with Crippen molar-refractivity contribution < 1.29 is 27.0 Å². The summed E-state index contributed by atoms with van der Waals surface area (Å²) in [7, 11) is -4.87. The Morgan fingerprint density at radius 2 is 2.14 bits per heavy atom. The number of hydrogen-bond donors (Lipinski definition) is 3. The average Bonchev–Trinajstić information content (AvgIpc) is 2.70. The number of carbonyl (C=O) groups is 2. The monoisotopic (exact) mass is 324 g/mol. The molecule has 1 aliphatic rings. The largest absolute Gasteiger partial charge is 0.480 e. The molecule has 0 saturated carbocycles. The summed E-state index contributed by atoms with van der Waals surface area (Å²) in [5.74, 6) is -2.12. The molecule has 5 N–H and O–H groups in total. The number of halogens is 1. The van der Waals surface area contributed by atoms with Crippen LogP contribution in [0.2, 0.25) is 0 Å². The van der Waals surface area contributed by atoms with Crippen molar-refractivity contribution in [3.8, 4) is 0 Å². The standard InChI is InChI=1S/C10H17FN4O5S/c11-21(19,20)6-4-8(16)15(5-6)7(9(17)18)2-1-3-14-10(12)13/h6-7H,1-5H2,(H,17,18)(H4,12,13,14)/t6?,7-/m0/s1. The molecule has 0 bridgehead atoms. The Balaban J connectivity index is 2.71. The minimum atomic E-state index is -4.87. The van der Waals surface area contributed by atoms with E-state index in [9.17, 15) is 21.9 Å². The van der Waals surface area contributed by atoms with Crippen molar-refractivity contribution in [1.82, 2.24) is 4.90 Å². The number of carboxylic acids is 1. The summed E-state index contributed by atoms with van der Waals surface area (Å²) in [6, 6.07) is -1.22. The molecule has 0 radical (unpaired) electrons.